The zero-order valence-electron chi connectivity index (χ0n) is 11.1. The highest BCUT2D eigenvalue weighted by atomic mass is 16.2. The molecule has 1 unspecified atom stereocenters. The Kier molecular flexibility index (Phi) is 5.73. The van der Waals surface area contributed by atoms with Crippen LogP contribution in [0.2, 0.25) is 0 Å². The van der Waals surface area contributed by atoms with Crippen LogP contribution in [0.25, 0.3) is 0 Å². The predicted octanol–water partition coefficient (Wildman–Crippen LogP) is 2.48. The summed E-state index contributed by atoms with van der Waals surface area (Å²) in [6.07, 6.45) is 8.18. The molecule has 0 aromatic carbocycles. The second-order valence-electron chi connectivity index (χ2n) is 4.22. The van der Waals surface area contributed by atoms with Gasteiger partial charge in [0.05, 0.1) is 6.33 Å². The first-order chi connectivity index (χ1) is 8.22. The lowest BCUT2D eigenvalue weighted by molar-refractivity contribution is -0.131. The molecule has 0 aliphatic carbocycles. The highest BCUT2D eigenvalue weighted by Gasteiger charge is 2.17. The molecule has 0 saturated carbocycles. The Morgan fingerprint density at radius 2 is 2.06 bits per heavy atom. The van der Waals surface area contributed by atoms with Crippen LogP contribution in [-0.4, -0.2) is 33.4 Å². The molecule has 1 aromatic heterocycles. The van der Waals surface area contributed by atoms with Crippen LogP contribution in [0.15, 0.2) is 18.7 Å². The Bertz CT molecular complexity index is 317. The first kappa shape index (κ1) is 13.7. The molecule has 1 rings (SSSR count). The van der Waals surface area contributed by atoms with E-state index in [0.29, 0.717) is 6.42 Å². The minimum absolute atomic E-state index is 0.238. The molecule has 1 heterocycles. The standard InChI is InChI=1S/C13H23N3O/c1-4-7-12(16-9-8-14-11-16)10-13(17)15(5-2)6-3/h8-9,11-12H,4-7,10H2,1-3H3. The summed E-state index contributed by atoms with van der Waals surface area (Å²) in [6, 6.07) is 0.246. The fourth-order valence-corrected chi connectivity index (χ4v) is 2.08. The molecule has 0 bridgehead atoms. The predicted molar refractivity (Wildman–Crippen MR) is 68.7 cm³/mol. The van der Waals surface area contributed by atoms with E-state index in [1.807, 2.05) is 29.5 Å². The third kappa shape index (κ3) is 3.88. The van der Waals surface area contributed by atoms with Crippen LogP contribution in [0.4, 0.5) is 0 Å². The van der Waals surface area contributed by atoms with Gasteiger partial charge in [-0.25, -0.2) is 4.98 Å². The maximum absolute atomic E-state index is 12.1. The molecule has 0 saturated heterocycles. The number of hydrogen-bond acceptors (Lipinski definition) is 2. The average Bonchev–Trinajstić information content (AvgIpc) is 2.83. The summed E-state index contributed by atoms with van der Waals surface area (Å²) < 4.78 is 2.05. The SMILES string of the molecule is CCCC(CC(=O)N(CC)CC)n1ccnc1. The van der Waals surface area contributed by atoms with Crippen molar-refractivity contribution in [3.63, 3.8) is 0 Å². The van der Waals surface area contributed by atoms with Gasteiger partial charge in [0.15, 0.2) is 0 Å². The third-order valence-corrected chi connectivity index (χ3v) is 3.09. The van der Waals surface area contributed by atoms with E-state index in [-0.39, 0.29) is 11.9 Å². The van der Waals surface area contributed by atoms with Crippen LogP contribution in [0.1, 0.15) is 46.1 Å². The van der Waals surface area contributed by atoms with E-state index < -0.39 is 0 Å². The van der Waals surface area contributed by atoms with Gasteiger partial charge in [0.1, 0.15) is 0 Å². The Balaban J connectivity index is 2.64. The van der Waals surface area contributed by atoms with Crippen molar-refractivity contribution in [1.29, 1.82) is 0 Å². The summed E-state index contributed by atoms with van der Waals surface area (Å²) in [5.74, 6) is 0.238. The molecular weight excluding hydrogens is 214 g/mol. The normalized spacial score (nSPS) is 12.4. The summed E-state index contributed by atoms with van der Waals surface area (Å²) in [7, 11) is 0. The van der Waals surface area contributed by atoms with Crippen molar-refractivity contribution in [1.82, 2.24) is 14.5 Å². The number of carbonyl (C=O) groups excluding carboxylic acids is 1. The summed E-state index contributed by atoms with van der Waals surface area (Å²) in [5.41, 5.74) is 0. The summed E-state index contributed by atoms with van der Waals surface area (Å²) in [5, 5.41) is 0. The molecule has 0 fully saturated rings. The van der Waals surface area contributed by atoms with E-state index >= 15 is 0 Å². The molecule has 0 aliphatic rings. The fraction of sp³-hybridized carbons (Fsp3) is 0.692. The zero-order chi connectivity index (χ0) is 12.7. The number of imidazole rings is 1. The van der Waals surface area contributed by atoms with Crippen LogP contribution < -0.4 is 0 Å². The largest absolute Gasteiger partial charge is 0.343 e. The van der Waals surface area contributed by atoms with Crippen molar-refractivity contribution in [3.8, 4) is 0 Å². The second-order valence-corrected chi connectivity index (χ2v) is 4.22. The van der Waals surface area contributed by atoms with Gasteiger partial charge in [0.25, 0.3) is 0 Å². The smallest absolute Gasteiger partial charge is 0.224 e. The number of hydrogen-bond donors (Lipinski definition) is 0. The first-order valence-electron chi connectivity index (χ1n) is 6.48. The van der Waals surface area contributed by atoms with Crippen molar-refractivity contribution in [2.75, 3.05) is 13.1 Å². The molecule has 1 amide bonds. The molecule has 17 heavy (non-hydrogen) atoms. The summed E-state index contributed by atoms with van der Waals surface area (Å²) >= 11 is 0. The van der Waals surface area contributed by atoms with Gasteiger partial charge in [-0.15, -0.1) is 0 Å². The van der Waals surface area contributed by atoms with Gasteiger partial charge in [0, 0.05) is 37.9 Å². The van der Waals surface area contributed by atoms with Crippen LogP contribution in [0.5, 0.6) is 0 Å². The minimum Gasteiger partial charge on any atom is -0.343 e. The van der Waals surface area contributed by atoms with Crippen molar-refractivity contribution in [2.24, 2.45) is 0 Å². The lowest BCUT2D eigenvalue weighted by Gasteiger charge is -2.23. The van der Waals surface area contributed by atoms with Gasteiger partial charge in [-0.2, -0.15) is 0 Å². The molecule has 0 spiro atoms. The number of rotatable bonds is 7. The maximum Gasteiger partial charge on any atom is 0.224 e. The second kappa shape index (κ2) is 7.09. The van der Waals surface area contributed by atoms with Crippen molar-refractivity contribution < 1.29 is 4.79 Å². The fourth-order valence-electron chi connectivity index (χ4n) is 2.08. The van der Waals surface area contributed by atoms with Gasteiger partial charge in [0.2, 0.25) is 5.91 Å². The van der Waals surface area contributed by atoms with Gasteiger partial charge in [-0.3, -0.25) is 4.79 Å². The van der Waals surface area contributed by atoms with Gasteiger partial charge < -0.3 is 9.47 Å². The molecule has 0 aliphatic heterocycles. The number of aromatic nitrogens is 2. The Morgan fingerprint density at radius 1 is 1.35 bits per heavy atom. The molecule has 1 atom stereocenters. The summed E-state index contributed by atoms with van der Waals surface area (Å²) in [4.78, 5) is 18.0. The number of nitrogens with zero attached hydrogens (tertiary/aromatic N) is 3. The van der Waals surface area contributed by atoms with Gasteiger partial charge >= 0.3 is 0 Å². The lowest BCUT2D eigenvalue weighted by atomic mass is 10.1. The third-order valence-electron chi connectivity index (χ3n) is 3.09. The monoisotopic (exact) mass is 237 g/mol. The van der Waals surface area contributed by atoms with Crippen LogP contribution >= 0.6 is 0 Å². The molecule has 0 N–H and O–H groups in total. The van der Waals surface area contributed by atoms with Crippen LogP contribution in [0.3, 0.4) is 0 Å². The molecule has 4 nitrogen and oxygen atoms in total. The van der Waals surface area contributed by atoms with Crippen LogP contribution in [-0.2, 0) is 4.79 Å². The highest BCUT2D eigenvalue weighted by Crippen LogP contribution is 2.18. The molecule has 0 radical (unpaired) electrons. The van der Waals surface area contributed by atoms with E-state index in [4.69, 9.17) is 0 Å². The van der Waals surface area contributed by atoms with E-state index in [9.17, 15) is 4.79 Å². The minimum atomic E-state index is 0.238. The van der Waals surface area contributed by atoms with E-state index in [1.165, 1.54) is 0 Å². The van der Waals surface area contributed by atoms with E-state index in [1.54, 1.807) is 12.5 Å². The Morgan fingerprint density at radius 3 is 2.53 bits per heavy atom. The Labute approximate surface area is 104 Å². The first-order valence-corrected chi connectivity index (χ1v) is 6.48. The summed E-state index contributed by atoms with van der Waals surface area (Å²) in [6.45, 7) is 7.77. The molecule has 4 heteroatoms. The maximum atomic E-state index is 12.1. The van der Waals surface area contributed by atoms with Crippen molar-refractivity contribution >= 4 is 5.91 Å². The zero-order valence-corrected chi connectivity index (χ0v) is 11.1. The molecule has 96 valence electrons. The van der Waals surface area contributed by atoms with E-state index in [2.05, 4.69) is 11.9 Å². The molecule has 1 aromatic rings. The topological polar surface area (TPSA) is 38.1 Å². The van der Waals surface area contributed by atoms with Gasteiger partial charge in [-0.05, 0) is 20.3 Å². The van der Waals surface area contributed by atoms with Crippen molar-refractivity contribution in [2.45, 2.75) is 46.1 Å². The average molecular weight is 237 g/mol. The highest BCUT2D eigenvalue weighted by molar-refractivity contribution is 5.76. The number of amides is 1. The number of carbonyl (C=O) groups is 1. The molecular formula is C13H23N3O. The lowest BCUT2D eigenvalue weighted by Crippen LogP contribution is -2.32. The van der Waals surface area contributed by atoms with Crippen molar-refractivity contribution in [3.05, 3.63) is 18.7 Å². The van der Waals surface area contributed by atoms with Gasteiger partial charge in [-0.1, -0.05) is 13.3 Å². The quantitative estimate of drug-likeness (QED) is 0.730. The Hall–Kier alpha value is -1.32. The van der Waals surface area contributed by atoms with E-state index in [0.717, 1.165) is 25.9 Å². The van der Waals surface area contributed by atoms with Crippen LogP contribution in [0, 0.1) is 0 Å².